The maximum absolute atomic E-state index is 13.2. The van der Waals surface area contributed by atoms with Gasteiger partial charge in [-0.3, -0.25) is 14.4 Å². The van der Waals surface area contributed by atoms with Crippen molar-refractivity contribution in [3.8, 4) is 17.2 Å². The molecular weight excluding hydrogens is 630 g/mol. The van der Waals surface area contributed by atoms with Crippen molar-refractivity contribution in [1.29, 1.82) is 0 Å². The van der Waals surface area contributed by atoms with E-state index < -0.39 is 53.9 Å². The Morgan fingerprint density at radius 1 is 0.479 bits per heavy atom. The lowest BCUT2D eigenvalue weighted by Gasteiger charge is -2.18. The van der Waals surface area contributed by atoms with E-state index in [9.17, 15) is 28.8 Å². The summed E-state index contributed by atoms with van der Waals surface area (Å²) in [6, 6.07) is 12.2. The van der Waals surface area contributed by atoms with Crippen molar-refractivity contribution in [1.82, 2.24) is 0 Å². The Labute approximate surface area is 274 Å². The summed E-state index contributed by atoms with van der Waals surface area (Å²) in [5.74, 6) is -4.07. The van der Waals surface area contributed by atoms with E-state index in [0.717, 1.165) is 0 Å². The first kappa shape index (κ1) is 34.7. The number of rotatable bonds is 3. The Balaban J connectivity index is 1.80. The molecule has 0 aromatic heterocycles. The lowest BCUT2D eigenvalue weighted by atomic mass is 10.1. The highest BCUT2D eigenvalue weighted by Gasteiger charge is 2.23. The molecule has 252 valence electrons. The lowest BCUT2D eigenvalue weighted by Crippen LogP contribution is -2.31. The number of nitrogens with one attached hydrogen (secondary N) is 3. The summed E-state index contributed by atoms with van der Waals surface area (Å²) in [4.78, 5) is 76.8. The molecule has 0 aliphatic carbocycles. The average Bonchev–Trinajstić information content (AvgIpc) is 3.06. The van der Waals surface area contributed by atoms with Gasteiger partial charge in [-0.15, -0.1) is 0 Å². The van der Waals surface area contributed by atoms with E-state index in [-0.39, 0.29) is 51.0 Å². The zero-order chi connectivity index (χ0) is 35.1. The summed E-state index contributed by atoms with van der Waals surface area (Å²) in [6.07, 6.45) is -3.49. The summed E-state index contributed by atoms with van der Waals surface area (Å²) in [7, 11) is 3.53. The van der Waals surface area contributed by atoms with Crippen LogP contribution in [0, 0.1) is 0 Å². The summed E-state index contributed by atoms with van der Waals surface area (Å²) in [6.45, 7) is 4.32. The van der Waals surface area contributed by atoms with Crippen molar-refractivity contribution in [2.75, 3.05) is 37.3 Å². The number of ether oxygens (including phenoxy) is 6. The third-order valence-electron chi connectivity index (χ3n) is 6.83. The number of anilines is 3. The monoisotopic (exact) mass is 663 g/mol. The van der Waals surface area contributed by atoms with Crippen LogP contribution in [0.1, 0.15) is 51.8 Å². The second kappa shape index (κ2) is 15.0. The van der Waals surface area contributed by atoms with Crippen LogP contribution in [0.4, 0.5) is 17.1 Å². The van der Waals surface area contributed by atoms with Crippen molar-refractivity contribution in [2.45, 2.75) is 39.1 Å². The summed E-state index contributed by atoms with van der Waals surface area (Å²) in [5, 5.41) is 7.89. The fourth-order valence-electron chi connectivity index (χ4n) is 4.43. The minimum absolute atomic E-state index is 0.0118. The van der Waals surface area contributed by atoms with Gasteiger partial charge < -0.3 is 44.4 Å². The molecule has 0 unspecified atom stereocenters. The third kappa shape index (κ3) is 8.57. The lowest BCUT2D eigenvalue weighted by molar-refractivity contribution is -0.122. The number of esters is 3. The Morgan fingerprint density at radius 2 is 0.729 bits per heavy atom. The number of carbonyl (C=O) groups excluding carboxylic acids is 6. The van der Waals surface area contributed by atoms with Gasteiger partial charge in [0.25, 0.3) is 17.7 Å². The number of hydrogen-bond donors (Lipinski definition) is 3. The first-order chi connectivity index (χ1) is 22.8. The summed E-state index contributed by atoms with van der Waals surface area (Å²) < 4.78 is 31.9. The van der Waals surface area contributed by atoms with Crippen LogP contribution in [-0.2, 0) is 28.6 Å². The molecule has 3 aromatic carbocycles. The molecule has 3 atom stereocenters. The van der Waals surface area contributed by atoms with Crippen LogP contribution >= 0.6 is 0 Å². The van der Waals surface area contributed by atoms with Gasteiger partial charge >= 0.3 is 17.9 Å². The number of amides is 3. The van der Waals surface area contributed by atoms with Crippen LogP contribution in [0.25, 0.3) is 0 Å². The van der Waals surface area contributed by atoms with Crippen LogP contribution in [0.5, 0.6) is 17.2 Å². The maximum Gasteiger partial charge on any atom is 0.338 e. The molecule has 1 aliphatic heterocycles. The van der Waals surface area contributed by atoms with Gasteiger partial charge in [0.15, 0.2) is 18.3 Å². The minimum Gasteiger partial charge on any atom is -0.481 e. The predicted octanol–water partition coefficient (Wildman–Crippen LogP) is 3.58. The van der Waals surface area contributed by atoms with E-state index >= 15 is 0 Å². The van der Waals surface area contributed by atoms with E-state index in [2.05, 4.69) is 16.0 Å². The Morgan fingerprint density at radius 3 is 0.958 bits per heavy atom. The Hall–Kier alpha value is -6.12. The van der Waals surface area contributed by atoms with E-state index in [1.807, 2.05) is 0 Å². The zero-order valence-electron chi connectivity index (χ0n) is 26.8. The molecule has 0 spiro atoms. The van der Waals surface area contributed by atoms with Crippen molar-refractivity contribution in [2.24, 2.45) is 0 Å². The van der Waals surface area contributed by atoms with Gasteiger partial charge in [-0.1, -0.05) is 0 Å². The number of methoxy groups -OCH3 is 3. The van der Waals surface area contributed by atoms with Crippen LogP contribution in [0.15, 0.2) is 54.6 Å². The highest BCUT2D eigenvalue weighted by atomic mass is 16.5. The van der Waals surface area contributed by atoms with Gasteiger partial charge in [0, 0.05) is 35.3 Å². The van der Waals surface area contributed by atoms with Crippen molar-refractivity contribution in [3.63, 3.8) is 0 Å². The maximum atomic E-state index is 13.2. The minimum atomic E-state index is -1.16. The topological polar surface area (TPSA) is 194 Å². The molecule has 0 radical (unpaired) electrons. The van der Waals surface area contributed by atoms with E-state index in [0.29, 0.717) is 0 Å². The van der Waals surface area contributed by atoms with Gasteiger partial charge in [-0.2, -0.15) is 0 Å². The second-order valence-corrected chi connectivity index (χ2v) is 10.5. The fraction of sp³-hybridized carbons (Fsp3) is 0.273. The van der Waals surface area contributed by atoms with Crippen molar-refractivity contribution >= 4 is 52.7 Å². The zero-order valence-corrected chi connectivity index (χ0v) is 26.8. The second-order valence-electron chi connectivity index (χ2n) is 10.5. The third-order valence-corrected chi connectivity index (χ3v) is 6.83. The molecule has 48 heavy (non-hydrogen) atoms. The van der Waals surface area contributed by atoms with Gasteiger partial charge in [-0.25, -0.2) is 14.4 Å². The van der Waals surface area contributed by atoms with Crippen molar-refractivity contribution < 1.29 is 57.2 Å². The predicted molar refractivity (Wildman–Crippen MR) is 170 cm³/mol. The van der Waals surface area contributed by atoms with Crippen molar-refractivity contribution in [3.05, 3.63) is 71.3 Å². The van der Waals surface area contributed by atoms with Crippen LogP contribution in [0.3, 0.4) is 0 Å². The van der Waals surface area contributed by atoms with E-state index in [1.54, 1.807) is 0 Å². The molecule has 4 rings (SSSR count). The number of hydrogen-bond acceptors (Lipinski definition) is 12. The average molecular weight is 664 g/mol. The Bertz CT molecular complexity index is 1570. The highest BCUT2D eigenvalue weighted by molar-refractivity contribution is 6.00. The normalized spacial score (nSPS) is 18.1. The molecule has 3 amide bonds. The van der Waals surface area contributed by atoms with Gasteiger partial charge in [0.2, 0.25) is 0 Å². The van der Waals surface area contributed by atoms with E-state index in [4.69, 9.17) is 28.4 Å². The molecule has 3 aromatic rings. The summed E-state index contributed by atoms with van der Waals surface area (Å²) in [5.41, 5.74) is 0.382. The summed E-state index contributed by atoms with van der Waals surface area (Å²) >= 11 is 0. The molecule has 0 saturated heterocycles. The fourth-order valence-corrected chi connectivity index (χ4v) is 4.43. The van der Waals surface area contributed by atoms with Crippen LogP contribution in [0.2, 0.25) is 0 Å². The molecule has 1 heterocycles. The number of benzene rings is 3. The van der Waals surface area contributed by atoms with E-state index in [1.165, 1.54) is 96.7 Å². The van der Waals surface area contributed by atoms with Crippen LogP contribution < -0.4 is 30.2 Å². The molecule has 15 nitrogen and oxygen atoms in total. The molecule has 1 aliphatic rings. The smallest absolute Gasteiger partial charge is 0.338 e. The highest BCUT2D eigenvalue weighted by Crippen LogP contribution is 2.28. The number of carbonyl (C=O) groups is 6. The SMILES string of the molecule is COC(=O)c1cc2cc(c1)O[C@H](C)C(=O)Nc1cc(cc(C(=O)OC)c1)O[C@H](C)C(=O)Nc1cc(cc(C(=O)OC)c1)O[C@H](C)C(=O)N2. The molecule has 0 saturated carbocycles. The molecular formula is C33H33N3O12. The largest absolute Gasteiger partial charge is 0.481 e. The van der Waals surface area contributed by atoms with Crippen LogP contribution in [-0.4, -0.2) is 75.3 Å². The quantitative estimate of drug-likeness (QED) is 0.273. The van der Waals surface area contributed by atoms with Gasteiger partial charge in [-0.05, 0) is 57.2 Å². The van der Waals surface area contributed by atoms with Gasteiger partial charge in [0.1, 0.15) is 17.2 Å². The molecule has 6 bridgehead atoms. The standard InChI is InChI=1S/C33H33N3O12/c1-16-28(37)34-22-7-20(32(41)44-5)11-26(14-22)47-18(3)30(39)36-24-9-21(33(42)45-6)12-27(15-24)48-17(2)29(38)35-23-8-19(31(40)43-4)10-25(13-23)46-16/h7-18H,1-6H3,(H,34,37)(H,35,38)(H,36,39)/t16-,17-,18-/m1/s1. The molecule has 3 N–H and O–H groups in total. The van der Waals surface area contributed by atoms with Gasteiger partial charge in [0.05, 0.1) is 38.0 Å². The molecule has 15 heteroatoms. The Kier molecular flexibility index (Phi) is 10.8. The first-order valence-corrected chi connectivity index (χ1v) is 14.4. The first-order valence-electron chi connectivity index (χ1n) is 14.4. The molecule has 0 fully saturated rings. The number of fused-ring (bicyclic) bond motifs is 6.